The van der Waals surface area contributed by atoms with Gasteiger partial charge in [0.25, 0.3) is 0 Å². The fraction of sp³-hybridized carbons (Fsp3) is 0.609. The summed E-state index contributed by atoms with van der Waals surface area (Å²) in [5.41, 5.74) is 2.44. The maximum atomic E-state index is 11.6. The second kappa shape index (κ2) is 13.8. The highest BCUT2D eigenvalue weighted by Crippen LogP contribution is 2.20. The van der Waals surface area contributed by atoms with Crippen molar-refractivity contribution in [1.82, 2.24) is 15.2 Å². The van der Waals surface area contributed by atoms with Gasteiger partial charge in [-0.2, -0.15) is 0 Å². The van der Waals surface area contributed by atoms with E-state index in [0.29, 0.717) is 25.4 Å². The van der Waals surface area contributed by atoms with Gasteiger partial charge in [0.05, 0.1) is 12.4 Å². The number of pyridine rings is 1. The van der Waals surface area contributed by atoms with Crippen molar-refractivity contribution >= 4 is 17.6 Å². The van der Waals surface area contributed by atoms with Crippen LogP contribution in [0.1, 0.15) is 43.9 Å². The predicted molar refractivity (Wildman–Crippen MR) is 125 cm³/mol. The molecule has 0 radical (unpaired) electrons. The Labute approximate surface area is 185 Å². The maximum absolute atomic E-state index is 11.6. The molecule has 1 aliphatic rings. The number of hydrogen-bond acceptors (Lipinski definition) is 6. The molecule has 2 heterocycles. The third-order valence-corrected chi connectivity index (χ3v) is 5.38. The molecule has 0 spiro atoms. The minimum atomic E-state index is -0.913. The molecule has 31 heavy (non-hydrogen) atoms. The predicted octanol–water partition coefficient (Wildman–Crippen LogP) is 2.71. The number of methoxy groups -OCH3 is 1. The van der Waals surface area contributed by atoms with E-state index in [1.54, 1.807) is 14.0 Å². The summed E-state index contributed by atoms with van der Waals surface area (Å²) in [6.07, 6.45) is 7.23. The van der Waals surface area contributed by atoms with Crippen molar-refractivity contribution < 1.29 is 14.6 Å². The van der Waals surface area contributed by atoms with Gasteiger partial charge >= 0.3 is 5.97 Å². The Morgan fingerprint density at radius 1 is 1.42 bits per heavy atom. The number of nitrogens with zero attached hydrogens (tertiary/aromatic N) is 3. The van der Waals surface area contributed by atoms with E-state index in [1.807, 2.05) is 0 Å². The van der Waals surface area contributed by atoms with E-state index in [0.717, 1.165) is 56.8 Å². The maximum Gasteiger partial charge on any atom is 0.328 e. The SMILES string of the molecule is C=CNC(C)=NC(CCN(CCCCc1ccc2c(n1)NCCC2)CCOC)C(=O)O. The number of anilines is 1. The van der Waals surface area contributed by atoms with Crippen molar-refractivity contribution in [3.05, 3.63) is 36.2 Å². The zero-order valence-corrected chi connectivity index (χ0v) is 18.9. The summed E-state index contributed by atoms with van der Waals surface area (Å²) in [6, 6.07) is 3.57. The first-order valence-corrected chi connectivity index (χ1v) is 11.1. The topological polar surface area (TPSA) is 99.1 Å². The van der Waals surface area contributed by atoms with Gasteiger partial charge in [-0.25, -0.2) is 9.78 Å². The second-order valence-electron chi connectivity index (χ2n) is 7.84. The highest BCUT2D eigenvalue weighted by atomic mass is 16.5. The lowest BCUT2D eigenvalue weighted by Gasteiger charge is -2.23. The summed E-state index contributed by atoms with van der Waals surface area (Å²) in [5, 5.41) is 15.7. The highest BCUT2D eigenvalue weighted by Gasteiger charge is 2.18. The molecule has 0 aliphatic carbocycles. The molecule has 0 saturated carbocycles. The molecule has 0 bridgehead atoms. The van der Waals surface area contributed by atoms with Crippen molar-refractivity contribution in [2.45, 2.75) is 51.5 Å². The van der Waals surface area contributed by atoms with E-state index >= 15 is 0 Å². The van der Waals surface area contributed by atoms with Crippen LogP contribution in [0.2, 0.25) is 0 Å². The Morgan fingerprint density at radius 2 is 2.26 bits per heavy atom. The lowest BCUT2D eigenvalue weighted by molar-refractivity contribution is -0.138. The van der Waals surface area contributed by atoms with Crippen LogP contribution in [0.5, 0.6) is 0 Å². The molecule has 1 atom stereocenters. The number of carbonyl (C=O) groups is 1. The molecular formula is C23H37N5O3. The van der Waals surface area contributed by atoms with Crippen LogP contribution < -0.4 is 10.6 Å². The van der Waals surface area contributed by atoms with Gasteiger partial charge in [-0.15, -0.1) is 0 Å². The van der Waals surface area contributed by atoms with Crippen LogP contribution in [0.4, 0.5) is 5.82 Å². The number of nitrogens with one attached hydrogen (secondary N) is 2. The van der Waals surface area contributed by atoms with Crippen LogP contribution in [-0.4, -0.2) is 72.7 Å². The number of aryl methyl sites for hydroxylation is 2. The van der Waals surface area contributed by atoms with Crippen LogP contribution in [0.25, 0.3) is 0 Å². The fourth-order valence-electron chi connectivity index (χ4n) is 3.67. The quantitative estimate of drug-likeness (QED) is 0.237. The van der Waals surface area contributed by atoms with Gasteiger partial charge in [0.2, 0.25) is 0 Å². The number of ether oxygens (including phenoxy) is 1. The van der Waals surface area contributed by atoms with Gasteiger partial charge in [-0.1, -0.05) is 12.6 Å². The first kappa shape index (κ1) is 24.8. The normalized spacial score (nSPS) is 14.6. The van der Waals surface area contributed by atoms with E-state index < -0.39 is 12.0 Å². The summed E-state index contributed by atoms with van der Waals surface area (Å²) < 4.78 is 5.23. The van der Waals surface area contributed by atoms with E-state index in [4.69, 9.17) is 9.72 Å². The van der Waals surface area contributed by atoms with Crippen LogP contribution in [0.15, 0.2) is 29.9 Å². The summed E-state index contributed by atoms with van der Waals surface area (Å²) in [7, 11) is 1.68. The Morgan fingerprint density at radius 3 is 3.00 bits per heavy atom. The van der Waals surface area contributed by atoms with Gasteiger partial charge in [0.1, 0.15) is 5.82 Å². The largest absolute Gasteiger partial charge is 0.480 e. The smallest absolute Gasteiger partial charge is 0.328 e. The van der Waals surface area contributed by atoms with Crippen molar-refractivity contribution in [2.75, 3.05) is 45.2 Å². The number of hydrogen-bond donors (Lipinski definition) is 3. The number of fused-ring (bicyclic) bond motifs is 1. The van der Waals surface area contributed by atoms with Gasteiger partial charge in [0.15, 0.2) is 6.04 Å². The minimum Gasteiger partial charge on any atom is -0.480 e. The number of rotatable bonds is 14. The standard InChI is InChI=1S/C23H37N5O3/c1-4-24-18(2)26-21(23(29)30)12-15-28(16-17-31-3)14-6-5-9-20-11-10-19-8-7-13-25-22(19)27-20/h4,10-11,21H,1,5-9,12-17H2,2-3H3,(H,24,26)(H,25,27)(H,29,30). The number of aliphatic imine (C=N–C) groups is 1. The molecule has 1 aromatic rings. The molecular weight excluding hydrogens is 394 g/mol. The number of amidine groups is 1. The van der Waals surface area contributed by atoms with Crippen LogP contribution in [0.3, 0.4) is 0 Å². The van der Waals surface area contributed by atoms with E-state index in [2.05, 4.69) is 39.2 Å². The van der Waals surface area contributed by atoms with Crippen molar-refractivity contribution in [3.63, 3.8) is 0 Å². The number of aliphatic carboxylic acids is 1. The molecule has 0 amide bonds. The van der Waals surface area contributed by atoms with Crippen LogP contribution >= 0.6 is 0 Å². The lowest BCUT2D eigenvalue weighted by atomic mass is 10.1. The third-order valence-electron chi connectivity index (χ3n) is 5.38. The lowest BCUT2D eigenvalue weighted by Crippen LogP contribution is -2.33. The number of carboxylic acid groups (broad SMARTS) is 1. The molecule has 2 rings (SSSR count). The van der Waals surface area contributed by atoms with Gasteiger partial charge in [-0.05, 0) is 69.8 Å². The second-order valence-corrected chi connectivity index (χ2v) is 7.84. The molecule has 0 fully saturated rings. The Hall–Kier alpha value is -2.45. The molecule has 8 nitrogen and oxygen atoms in total. The average Bonchev–Trinajstić information content (AvgIpc) is 2.76. The Kier molecular flexibility index (Phi) is 11.0. The molecule has 3 N–H and O–H groups in total. The first-order chi connectivity index (χ1) is 15.0. The van der Waals surface area contributed by atoms with Crippen molar-refractivity contribution in [2.24, 2.45) is 4.99 Å². The molecule has 172 valence electrons. The summed E-state index contributed by atoms with van der Waals surface area (Å²) in [6.45, 7) is 9.27. The van der Waals surface area contributed by atoms with Crippen molar-refractivity contribution in [1.29, 1.82) is 0 Å². The van der Waals surface area contributed by atoms with Gasteiger partial charge in [-0.3, -0.25) is 4.99 Å². The monoisotopic (exact) mass is 431 g/mol. The molecule has 1 unspecified atom stereocenters. The van der Waals surface area contributed by atoms with E-state index in [-0.39, 0.29) is 0 Å². The molecule has 0 saturated heterocycles. The summed E-state index contributed by atoms with van der Waals surface area (Å²) in [4.78, 5) is 22.8. The summed E-state index contributed by atoms with van der Waals surface area (Å²) in [5.74, 6) is 0.689. The zero-order chi connectivity index (χ0) is 22.5. The first-order valence-electron chi connectivity index (χ1n) is 11.1. The Bertz CT molecular complexity index is 738. The molecule has 0 aromatic carbocycles. The Balaban J connectivity index is 1.81. The van der Waals surface area contributed by atoms with E-state index in [1.165, 1.54) is 18.2 Å². The van der Waals surface area contributed by atoms with Crippen molar-refractivity contribution in [3.8, 4) is 0 Å². The third kappa shape index (κ3) is 9.06. The van der Waals surface area contributed by atoms with Crippen LogP contribution in [-0.2, 0) is 22.4 Å². The number of unbranched alkanes of at least 4 members (excludes halogenated alkanes) is 1. The van der Waals surface area contributed by atoms with E-state index in [9.17, 15) is 9.90 Å². The highest BCUT2D eigenvalue weighted by molar-refractivity contribution is 5.84. The molecule has 1 aromatic heterocycles. The number of carboxylic acids is 1. The van der Waals surface area contributed by atoms with Gasteiger partial charge < -0.3 is 25.4 Å². The average molecular weight is 432 g/mol. The van der Waals surface area contributed by atoms with Gasteiger partial charge in [0, 0.05) is 32.4 Å². The van der Waals surface area contributed by atoms with Crippen LogP contribution in [0, 0.1) is 0 Å². The number of aromatic nitrogens is 1. The molecule has 1 aliphatic heterocycles. The fourth-order valence-corrected chi connectivity index (χ4v) is 3.67. The summed E-state index contributed by atoms with van der Waals surface area (Å²) >= 11 is 0. The molecule has 8 heteroatoms. The minimum absolute atomic E-state index is 0.452. The zero-order valence-electron chi connectivity index (χ0n) is 18.9.